The van der Waals surface area contributed by atoms with Gasteiger partial charge in [0.25, 0.3) is 16.3 Å². The van der Waals surface area contributed by atoms with Crippen molar-refractivity contribution in [1.29, 1.82) is 5.26 Å². The lowest BCUT2D eigenvalue weighted by atomic mass is 9.83. The van der Waals surface area contributed by atoms with E-state index in [-0.39, 0.29) is 5.56 Å². The van der Waals surface area contributed by atoms with E-state index in [1.165, 1.54) is 0 Å². The highest BCUT2D eigenvalue weighted by Gasteiger charge is 2.82. The van der Waals surface area contributed by atoms with Gasteiger partial charge in [-0.05, 0) is 22.0 Å². The Morgan fingerprint density at radius 2 is 1.70 bits per heavy atom. The highest BCUT2D eigenvalue weighted by Crippen LogP contribution is 2.67. The molecule has 0 radical (unpaired) electrons. The molecule has 0 aliphatic carbocycles. The molecule has 1 fully saturated rings. The quantitative estimate of drug-likeness (QED) is 0.0769. The molecule has 25 heteroatoms. The number of rotatable bonds is 2. The molecule has 0 spiro atoms. The molecule has 9 rings (SSSR count). The Balaban J connectivity index is 1.58. The minimum absolute atomic E-state index is 0.0778. The Morgan fingerprint density at radius 1 is 1.04 bits per heavy atom. The molecule has 0 amide bonds. The van der Waals surface area contributed by atoms with Gasteiger partial charge in [-0.1, -0.05) is 12.1 Å². The number of aliphatic hydroxyl groups is 4. The van der Waals surface area contributed by atoms with Crippen LogP contribution in [0.25, 0.3) is 22.1 Å². The number of phenols is 1. The molecule has 2 aromatic carbocycles. The number of hydrogen-bond donors (Lipinski definition) is 6. The molecule has 6 aliphatic heterocycles. The van der Waals surface area contributed by atoms with Crippen molar-refractivity contribution in [3.8, 4) is 51.9 Å². The maximum Gasteiger partial charge on any atom is 0.650 e. The maximum absolute atomic E-state index is 13.7. The Bertz CT molecular complexity index is 2280. The Kier molecular flexibility index (Phi) is 6.29. The number of phosphoric ester groups is 1. The third kappa shape index (κ3) is 3.98. The average Bonchev–Trinajstić information content (AvgIpc) is 3.05. The highest BCUT2D eigenvalue weighted by atomic mass is 32.3. The largest absolute Gasteiger partial charge is 0.650 e. The van der Waals surface area contributed by atoms with E-state index in [4.69, 9.17) is 27.5 Å². The van der Waals surface area contributed by atoms with Gasteiger partial charge in [-0.25, -0.2) is 4.18 Å². The Hall–Kier alpha value is -4.25. The second-order valence-corrected chi connectivity index (χ2v) is 14.1. The third-order valence-electron chi connectivity index (χ3n) is 7.35. The smallest absolute Gasteiger partial charge is 0.504 e. The van der Waals surface area contributed by atoms with Gasteiger partial charge in [-0.15, -0.1) is 0 Å². The fourth-order valence-electron chi connectivity index (χ4n) is 5.18. The van der Waals surface area contributed by atoms with Gasteiger partial charge in [-0.2, -0.15) is 26.7 Å². The van der Waals surface area contributed by atoms with Crippen LogP contribution in [-0.4, -0.2) is 82.2 Å². The van der Waals surface area contributed by atoms with E-state index < -0.39 is 120 Å². The zero-order valence-corrected chi connectivity index (χ0v) is 24.7. The highest BCUT2D eigenvalue weighted by molar-refractivity contribution is 7.87. The fourth-order valence-corrected chi connectivity index (χ4v) is 8.20. The lowest BCUT2D eigenvalue weighted by Crippen LogP contribution is -2.83. The van der Waals surface area contributed by atoms with Crippen molar-refractivity contribution < 1.29 is 92.4 Å². The third-order valence-corrected chi connectivity index (χ3v) is 10.6. The Morgan fingerprint density at radius 3 is 2.32 bits per heavy atom. The zero-order valence-electron chi connectivity index (χ0n) is 22.2. The van der Waals surface area contributed by atoms with Crippen molar-refractivity contribution in [2.75, 3.05) is 6.61 Å². The van der Waals surface area contributed by atoms with E-state index in [2.05, 4.69) is 13.4 Å². The summed E-state index contributed by atoms with van der Waals surface area (Å²) in [5.41, 5.74) is -6.70. The van der Waals surface area contributed by atoms with E-state index in [1.54, 1.807) is 0 Å². The van der Waals surface area contributed by atoms with Gasteiger partial charge >= 0.3 is 34.3 Å². The summed E-state index contributed by atoms with van der Waals surface area (Å²) < 4.78 is 114. The van der Waals surface area contributed by atoms with E-state index in [0.717, 1.165) is 30.3 Å². The number of ether oxygens (including phenoxy) is 2. The Labute approximate surface area is 258 Å². The van der Waals surface area contributed by atoms with E-state index in [0.29, 0.717) is 0 Å². The maximum atomic E-state index is 13.7. The molecule has 7 heterocycles. The summed E-state index contributed by atoms with van der Waals surface area (Å²) in [6.07, 6.45) is -6.04. The SMILES string of the molecule is N#CC1(O)[C@@H]2Oc3c4c(O)c5c(=O)c(c6oc5c3OP(=O)(O6)O4)-c3ccc(cc3)OOS(=O)(=O)OC1(O)[C@@](O)(S(=O)(=O)O)C(CO)O2. The second kappa shape index (κ2) is 9.43. The van der Waals surface area contributed by atoms with Gasteiger partial charge < -0.3 is 57.9 Å². The summed E-state index contributed by atoms with van der Waals surface area (Å²) >= 11 is 0. The molecule has 22 nitrogen and oxygen atoms in total. The molecule has 47 heavy (non-hydrogen) atoms. The number of phenolic OH excluding ortho intramolecular Hbond substituents is 1. The molecule has 6 N–H and O–H groups in total. The summed E-state index contributed by atoms with van der Waals surface area (Å²) in [7, 11) is -17.4. The van der Waals surface area contributed by atoms with Crippen molar-refractivity contribution in [3.05, 3.63) is 34.5 Å². The van der Waals surface area contributed by atoms with Gasteiger partial charge in [0.2, 0.25) is 29.0 Å². The predicted octanol–water partition coefficient (Wildman–Crippen LogP) is -1.36. The second-order valence-electron chi connectivity index (χ2n) is 9.97. The van der Waals surface area contributed by atoms with Crippen molar-refractivity contribution in [2.45, 2.75) is 28.7 Å². The number of hydrogen-bond acceptors (Lipinski definition) is 21. The molecule has 1 aromatic heterocycles. The normalized spacial score (nSPS) is 33.3. The number of fused-ring (bicyclic) bond motifs is 3. The first-order valence-electron chi connectivity index (χ1n) is 12.3. The van der Waals surface area contributed by atoms with Gasteiger partial charge in [0.15, 0.2) is 17.1 Å². The lowest BCUT2D eigenvalue weighted by Gasteiger charge is -2.53. The van der Waals surface area contributed by atoms with Crippen LogP contribution in [0.2, 0.25) is 0 Å². The first-order valence-corrected chi connectivity index (χ1v) is 16.6. The number of benzene rings is 2. The van der Waals surface area contributed by atoms with E-state index in [9.17, 15) is 61.5 Å². The van der Waals surface area contributed by atoms with Crippen molar-refractivity contribution in [1.82, 2.24) is 0 Å². The van der Waals surface area contributed by atoms with Crippen LogP contribution in [0.1, 0.15) is 0 Å². The average molecular weight is 723 g/mol. The van der Waals surface area contributed by atoms with Gasteiger partial charge in [-0.3, -0.25) is 9.35 Å². The predicted molar refractivity (Wildman–Crippen MR) is 139 cm³/mol. The molecule has 4 unspecified atom stereocenters. The van der Waals surface area contributed by atoms with Crippen molar-refractivity contribution in [2.24, 2.45) is 0 Å². The van der Waals surface area contributed by atoms with Gasteiger partial charge in [0.05, 0.1) is 6.61 Å². The summed E-state index contributed by atoms with van der Waals surface area (Å²) in [6, 6.07) is 4.88. The molecule has 3 aromatic rings. The van der Waals surface area contributed by atoms with Crippen LogP contribution in [0.4, 0.5) is 0 Å². The number of aromatic hydroxyl groups is 1. The summed E-state index contributed by atoms with van der Waals surface area (Å²) in [6.45, 7) is -1.77. The first kappa shape index (κ1) is 31.4. The van der Waals surface area contributed by atoms with Crippen LogP contribution in [0.15, 0.2) is 33.5 Å². The molecule has 6 atom stereocenters. The summed E-state index contributed by atoms with van der Waals surface area (Å²) in [5, 5.41) is 64.5. The summed E-state index contributed by atoms with van der Waals surface area (Å²) in [4.78, 5) is 13.6. The number of nitriles is 1. The fraction of sp³-hybridized carbons (Fsp3) is 0.273. The first-order chi connectivity index (χ1) is 21.8. The molecule has 12 bridgehead atoms. The minimum Gasteiger partial charge on any atom is -0.504 e. The van der Waals surface area contributed by atoms with E-state index >= 15 is 0 Å². The van der Waals surface area contributed by atoms with Gasteiger partial charge in [0.1, 0.15) is 23.1 Å². The molecule has 0 saturated carbocycles. The molecular formula is C22H14NO21PS2. The number of phosphoric acid groups is 1. The lowest BCUT2D eigenvalue weighted by molar-refractivity contribution is -0.405. The van der Waals surface area contributed by atoms with Crippen LogP contribution in [0.3, 0.4) is 0 Å². The summed E-state index contributed by atoms with van der Waals surface area (Å²) in [5.74, 6) is -10.5. The number of nitrogens with zero attached hydrogens (tertiary/aromatic N) is 1. The van der Waals surface area contributed by atoms with Crippen LogP contribution in [-0.2, 0) is 38.3 Å². The monoisotopic (exact) mass is 723 g/mol. The number of aliphatic hydroxyl groups excluding tert-OH is 1. The van der Waals surface area contributed by atoms with Crippen LogP contribution < -0.4 is 28.6 Å². The molecule has 250 valence electrons. The van der Waals surface area contributed by atoms with Crippen molar-refractivity contribution >= 4 is 39.3 Å². The van der Waals surface area contributed by atoms with Crippen LogP contribution in [0, 0.1) is 11.3 Å². The van der Waals surface area contributed by atoms with E-state index in [1.807, 2.05) is 0 Å². The standard InChI is InChI=1S/C22H14NO21PS2/c23-6-20(27)19-36-9(5-24)21(28,46(31,32)33)22(20,29)43-47(34,35)44-39-8-3-1-7(2-4-8)10-12(25)11-13(26)15-16(38-19)17-14(11)37-18(10)42-45(30,40-15)41-17/h1-4,9,19,24,26-29H,5H2,(H,31,32,33)/t9?,19-,20?,21-,22?,45?/m0/s1. The van der Waals surface area contributed by atoms with Crippen LogP contribution >= 0.6 is 7.82 Å². The van der Waals surface area contributed by atoms with Crippen LogP contribution in [0.5, 0.6) is 34.7 Å². The zero-order chi connectivity index (χ0) is 34.1. The molecule has 1 saturated heterocycles. The molecular weight excluding hydrogens is 709 g/mol. The van der Waals surface area contributed by atoms with Crippen molar-refractivity contribution in [3.63, 3.8) is 0 Å². The topological polar surface area (TPSA) is 335 Å². The molecule has 6 aliphatic rings. The minimum atomic E-state index is -6.39. The van der Waals surface area contributed by atoms with Gasteiger partial charge in [0, 0.05) is 0 Å².